The maximum absolute atomic E-state index is 10.1. The summed E-state index contributed by atoms with van der Waals surface area (Å²) in [5.41, 5.74) is 0. The Morgan fingerprint density at radius 2 is 1.50 bits per heavy atom. The van der Waals surface area contributed by atoms with Crippen LogP contribution in [-0.4, -0.2) is 24.8 Å². The lowest BCUT2D eigenvalue weighted by atomic mass is 10.7. The van der Waals surface area contributed by atoms with E-state index in [1.807, 2.05) is 0 Å². The summed E-state index contributed by atoms with van der Waals surface area (Å²) in [6.07, 6.45) is 0. The van der Waals surface area contributed by atoms with E-state index in [1.165, 1.54) is 7.05 Å². The Bertz CT molecular complexity index is 311. The Labute approximate surface area is 64.9 Å². The highest BCUT2D eigenvalue weighted by molar-refractivity contribution is 5.36. The van der Waals surface area contributed by atoms with Gasteiger partial charge in [-0.2, -0.15) is 0 Å². The number of nitrogens with zero attached hydrogens (tertiary/aromatic N) is 5. The molecule has 0 unspecified atom stereocenters. The molecular formula is C3H3N5O4. The average Bonchev–Trinajstić information content (AvgIpc) is 2.31. The van der Waals surface area contributed by atoms with Crippen molar-refractivity contribution in [3.63, 3.8) is 0 Å². The number of rotatable bonds is 2. The van der Waals surface area contributed by atoms with Crippen LogP contribution in [0.2, 0.25) is 0 Å². The van der Waals surface area contributed by atoms with Crippen molar-refractivity contribution in [1.82, 2.24) is 15.0 Å². The minimum Gasteiger partial charge on any atom is -0.358 e. The van der Waals surface area contributed by atoms with Crippen LogP contribution >= 0.6 is 0 Å². The van der Waals surface area contributed by atoms with Gasteiger partial charge in [-0.25, -0.2) is 0 Å². The van der Waals surface area contributed by atoms with Crippen molar-refractivity contribution in [2.45, 2.75) is 0 Å². The van der Waals surface area contributed by atoms with Crippen LogP contribution in [0.4, 0.5) is 11.6 Å². The normalized spacial score (nSPS) is 9.75. The summed E-state index contributed by atoms with van der Waals surface area (Å²) in [4.78, 5) is 19.1. The van der Waals surface area contributed by atoms with Gasteiger partial charge >= 0.3 is 11.6 Å². The number of nitro groups is 2. The molecular weight excluding hydrogens is 170 g/mol. The van der Waals surface area contributed by atoms with E-state index in [-0.39, 0.29) is 0 Å². The molecule has 1 rings (SSSR count). The number of aryl methyl sites for hydroxylation is 1. The molecule has 0 N–H and O–H groups in total. The molecule has 0 saturated carbocycles. The van der Waals surface area contributed by atoms with Gasteiger partial charge in [-0.05, 0) is 9.85 Å². The van der Waals surface area contributed by atoms with E-state index >= 15 is 0 Å². The van der Waals surface area contributed by atoms with Crippen LogP contribution < -0.4 is 0 Å². The molecule has 0 aromatic carbocycles. The van der Waals surface area contributed by atoms with E-state index in [4.69, 9.17) is 0 Å². The second-order valence-corrected chi connectivity index (χ2v) is 1.85. The van der Waals surface area contributed by atoms with Gasteiger partial charge in [-0.1, -0.05) is 0 Å². The molecule has 0 saturated heterocycles. The predicted molar refractivity (Wildman–Crippen MR) is 34.3 cm³/mol. The first-order valence-corrected chi connectivity index (χ1v) is 2.72. The molecule has 0 aliphatic rings. The quantitative estimate of drug-likeness (QED) is 0.444. The average molecular weight is 173 g/mol. The van der Waals surface area contributed by atoms with Crippen molar-refractivity contribution in [2.75, 3.05) is 0 Å². The van der Waals surface area contributed by atoms with E-state index in [0.717, 1.165) is 4.80 Å². The van der Waals surface area contributed by atoms with Gasteiger partial charge in [-0.15, -0.1) is 0 Å². The topological polar surface area (TPSA) is 117 Å². The smallest absolute Gasteiger partial charge is 0.358 e. The van der Waals surface area contributed by atoms with Crippen LogP contribution in [0, 0.1) is 20.2 Å². The summed E-state index contributed by atoms with van der Waals surface area (Å²) in [5.74, 6) is -1.69. The molecule has 1 aromatic heterocycles. The Balaban J connectivity index is 3.26. The van der Waals surface area contributed by atoms with Crippen LogP contribution in [0.5, 0.6) is 0 Å². The molecule has 0 bridgehead atoms. The molecule has 0 spiro atoms. The van der Waals surface area contributed by atoms with E-state index < -0.39 is 21.5 Å². The highest BCUT2D eigenvalue weighted by atomic mass is 16.6. The number of hydrogen-bond donors (Lipinski definition) is 0. The van der Waals surface area contributed by atoms with Crippen LogP contribution in [0.3, 0.4) is 0 Å². The first kappa shape index (κ1) is 8.04. The third-order valence-electron chi connectivity index (χ3n) is 1.02. The van der Waals surface area contributed by atoms with Crippen molar-refractivity contribution in [2.24, 2.45) is 7.05 Å². The molecule has 9 nitrogen and oxygen atoms in total. The third kappa shape index (κ3) is 1.19. The first-order valence-electron chi connectivity index (χ1n) is 2.72. The summed E-state index contributed by atoms with van der Waals surface area (Å²) >= 11 is 0. The standard InChI is InChI=1S/C3H3N5O4/c1-6-4-2(7(9)10)3(5-6)8(11)12/h1H3. The fraction of sp³-hybridized carbons (Fsp3) is 0.333. The predicted octanol–water partition coefficient (Wildman–Crippen LogP) is -0.369. The zero-order valence-corrected chi connectivity index (χ0v) is 5.87. The van der Waals surface area contributed by atoms with Crippen LogP contribution in [0.1, 0.15) is 0 Å². The highest BCUT2D eigenvalue weighted by Crippen LogP contribution is 2.19. The lowest BCUT2D eigenvalue weighted by Gasteiger charge is -1.85. The van der Waals surface area contributed by atoms with E-state index in [1.54, 1.807) is 0 Å². The molecule has 1 heterocycles. The maximum Gasteiger partial charge on any atom is 0.492 e. The van der Waals surface area contributed by atoms with Crippen molar-refractivity contribution in [1.29, 1.82) is 0 Å². The van der Waals surface area contributed by atoms with Gasteiger partial charge in [0.2, 0.25) is 0 Å². The maximum atomic E-state index is 10.1. The van der Waals surface area contributed by atoms with Crippen LogP contribution in [0.15, 0.2) is 0 Å². The van der Waals surface area contributed by atoms with Gasteiger partial charge in [0.15, 0.2) is 0 Å². The molecule has 0 amide bonds. The zero-order valence-electron chi connectivity index (χ0n) is 5.87. The summed E-state index contributed by atoms with van der Waals surface area (Å²) < 4.78 is 0. The Morgan fingerprint density at radius 1 is 1.17 bits per heavy atom. The third-order valence-corrected chi connectivity index (χ3v) is 1.02. The van der Waals surface area contributed by atoms with Crippen molar-refractivity contribution in [3.05, 3.63) is 20.2 Å². The van der Waals surface area contributed by atoms with Crippen molar-refractivity contribution in [3.8, 4) is 0 Å². The minimum absolute atomic E-state index is 0.774. The fourth-order valence-corrected chi connectivity index (χ4v) is 0.622. The Kier molecular flexibility index (Phi) is 1.69. The van der Waals surface area contributed by atoms with Crippen molar-refractivity contribution >= 4 is 11.6 Å². The highest BCUT2D eigenvalue weighted by Gasteiger charge is 2.32. The lowest BCUT2D eigenvalue weighted by molar-refractivity contribution is -0.427. The molecule has 0 aliphatic carbocycles. The fourth-order valence-electron chi connectivity index (χ4n) is 0.622. The molecule has 12 heavy (non-hydrogen) atoms. The van der Waals surface area contributed by atoms with Gasteiger partial charge in [0, 0.05) is 4.80 Å². The summed E-state index contributed by atoms with van der Waals surface area (Å²) in [7, 11) is 1.26. The molecule has 0 atom stereocenters. The molecule has 0 radical (unpaired) electrons. The second kappa shape index (κ2) is 2.53. The molecule has 9 heteroatoms. The second-order valence-electron chi connectivity index (χ2n) is 1.85. The SMILES string of the molecule is Cn1nc([N+](=O)[O-])c([N+](=O)[O-])n1. The lowest BCUT2D eigenvalue weighted by Crippen LogP contribution is -1.94. The molecule has 1 aromatic rings. The van der Waals surface area contributed by atoms with Gasteiger partial charge < -0.3 is 20.2 Å². The van der Waals surface area contributed by atoms with E-state index in [2.05, 4.69) is 10.2 Å². The Hall–Kier alpha value is -2.06. The number of hydrogen-bond acceptors (Lipinski definition) is 6. The van der Waals surface area contributed by atoms with Crippen molar-refractivity contribution < 1.29 is 9.85 Å². The Morgan fingerprint density at radius 3 is 1.75 bits per heavy atom. The molecule has 0 fully saturated rings. The van der Waals surface area contributed by atoms with Gasteiger partial charge in [-0.3, -0.25) is 0 Å². The monoisotopic (exact) mass is 173 g/mol. The summed E-state index contributed by atoms with van der Waals surface area (Å²) in [6, 6.07) is 0. The largest absolute Gasteiger partial charge is 0.492 e. The van der Waals surface area contributed by atoms with Crippen LogP contribution in [-0.2, 0) is 7.05 Å². The summed E-state index contributed by atoms with van der Waals surface area (Å²) in [6.45, 7) is 0. The van der Waals surface area contributed by atoms with E-state index in [0.29, 0.717) is 0 Å². The van der Waals surface area contributed by atoms with Crippen LogP contribution in [0.25, 0.3) is 0 Å². The van der Waals surface area contributed by atoms with Gasteiger partial charge in [0.1, 0.15) is 10.2 Å². The minimum atomic E-state index is -0.953. The van der Waals surface area contributed by atoms with E-state index in [9.17, 15) is 20.2 Å². The zero-order chi connectivity index (χ0) is 9.30. The van der Waals surface area contributed by atoms with Gasteiger partial charge in [0.25, 0.3) is 0 Å². The molecule has 64 valence electrons. The van der Waals surface area contributed by atoms with Gasteiger partial charge in [0.05, 0.1) is 7.05 Å². The summed E-state index contributed by atoms with van der Waals surface area (Å²) in [5, 5.41) is 26.6. The molecule has 0 aliphatic heterocycles. The first-order chi connectivity index (χ1) is 5.52. The number of aromatic nitrogens is 3.